The molecule has 9 heteroatoms. The molecule has 1 atom stereocenters. The Morgan fingerprint density at radius 3 is 2.79 bits per heavy atom. The van der Waals surface area contributed by atoms with Gasteiger partial charge in [-0.15, -0.1) is 0 Å². The summed E-state index contributed by atoms with van der Waals surface area (Å²) in [5.41, 5.74) is 1.15. The van der Waals surface area contributed by atoms with Gasteiger partial charge >= 0.3 is 0 Å². The van der Waals surface area contributed by atoms with Gasteiger partial charge in [-0.25, -0.2) is 4.39 Å². The molecule has 3 aliphatic heterocycles. The molecule has 34 heavy (non-hydrogen) atoms. The summed E-state index contributed by atoms with van der Waals surface area (Å²) in [6, 6.07) is 2.64. The first kappa shape index (κ1) is 19.1. The molecular weight excluding hydrogens is 441 g/mol. The van der Waals surface area contributed by atoms with Crippen LogP contribution in [-0.2, 0) is 34.0 Å². The predicted octanol–water partition coefficient (Wildman–Crippen LogP) is 2.00. The molecule has 3 amide bonds. The summed E-state index contributed by atoms with van der Waals surface area (Å²) < 4.78 is 50.8. The van der Waals surface area contributed by atoms with Crippen molar-refractivity contribution in [2.24, 2.45) is 0 Å². The van der Waals surface area contributed by atoms with Gasteiger partial charge in [0, 0.05) is 42.7 Å². The maximum absolute atomic E-state index is 14.9. The zero-order valence-corrected chi connectivity index (χ0v) is 18.5. The molecule has 5 rings (SSSR count). The molecule has 178 valence electrons. The van der Waals surface area contributed by atoms with E-state index >= 15 is 0 Å². The molecule has 2 saturated heterocycles. The van der Waals surface area contributed by atoms with Crippen LogP contribution < -0.4 is 10.1 Å². The molecule has 0 bridgehead atoms. The molecule has 2 aromatic carbocycles. The van der Waals surface area contributed by atoms with E-state index in [2.05, 4.69) is 10.2 Å². The molecule has 0 saturated carbocycles. The number of imide groups is 1. The van der Waals surface area contributed by atoms with Crippen molar-refractivity contribution in [3.8, 4) is 5.75 Å². The molecule has 8 nitrogen and oxygen atoms in total. The summed E-state index contributed by atoms with van der Waals surface area (Å²) in [6.45, 7) is 3.08. The highest BCUT2D eigenvalue weighted by atomic mass is 19.1. The summed E-state index contributed by atoms with van der Waals surface area (Å²) in [5, 5.41) is 2.21. The average Bonchev–Trinajstić information content (AvgIpc) is 3.21. The Kier molecular flexibility index (Phi) is 5.33. The summed E-state index contributed by atoms with van der Waals surface area (Å²) >= 11 is 0. The van der Waals surface area contributed by atoms with Crippen LogP contribution in [0.25, 0.3) is 0 Å². The number of hydrogen-bond acceptors (Lipinski definition) is 6. The third kappa shape index (κ3) is 4.53. The Labute approximate surface area is 200 Å². The van der Waals surface area contributed by atoms with E-state index in [4.69, 9.17) is 13.6 Å². The maximum atomic E-state index is 14.9. The predicted molar refractivity (Wildman–Crippen MR) is 119 cm³/mol. The Balaban J connectivity index is 1.36. The zero-order chi connectivity index (χ0) is 26.3. The fourth-order valence-corrected chi connectivity index (χ4v) is 4.46. The number of morpholine rings is 1. The molecule has 0 radical (unpaired) electrons. The SMILES string of the molecule is [2H]c1c([2H])c(OCc2ccc(CN3CCOCC3)cc2F)c2c(c1[2H])C(=O)N([C@H]1CCC(=O)NC1=O)C2. The van der Waals surface area contributed by atoms with Gasteiger partial charge < -0.3 is 14.4 Å². The van der Waals surface area contributed by atoms with E-state index in [0.29, 0.717) is 19.8 Å². The number of nitrogens with one attached hydrogen (secondary N) is 1. The number of nitrogens with zero attached hydrogens (tertiary/aromatic N) is 2. The fraction of sp³-hybridized carbons (Fsp3) is 0.400. The van der Waals surface area contributed by atoms with Crippen LogP contribution in [0.2, 0.25) is 0 Å². The molecule has 0 spiro atoms. The maximum Gasteiger partial charge on any atom is 0.255 e. The first-order chi connectivity index (χ1) is 17.7. The highest BCUT2D eigenvalue weighted by molar-refractivity contribution is 6.05. The quantitative estimate of drug-likeness (QED) is 0.650. The van der Waals surface area contributed by atoms with Gasteiger partial charge in [-0.1, -0.05) is 18.2 Å². The van der Waals surface area contributed by atoms with Crippen LogP contribution in [0, 0.1) is 5.82 Å². The standard InChI is InChI=1S/C25H26FN3O5/c26-20-12-16(13-28-8-10-33-11-9-28)4-5-17(20)15-34-22-3-1-2-18-19(22)14-29(25(18)32)21-6-7-23(30)27-24(21)31/h1-5,12,21H,6-11,13-15H2,(H,27,30,31)/t21-/m0/s1/i1D,2D,3D. The minimum Gasteiger partial charge on any atom is -0.488 e. The number of carbonyl (C=O) groups is 3. The van der Waals surface area contributed by atoms with E-state index < -0.39 is 41.7 Å². The second-order valence-corrected chi connectivity index (χ2v) is 8.56. The normalized spacial score (nSPS) is 22.1. The molecule has 0 aromatic heterocycles. The van der Waals surface area contributed by atoms with Crippen molar-refractivity contribution in [3.63, 3.8) is 0 Å². The second-order valence-electron chi connectivity index (χ2n) is 8.56. The smallest absolute Gasteiger partial charge is 0.255 e. The number of rotatable bonds is 6. The lowest BCUT2D eigenvalue weighted by atomic mass is 10.0. The van der Waals surface area contributed by atoms with Crippen molar-refractivity contribution < 1.29 is 32.4 Å². The van der Waals surface area contributed by atoms with Crippen LogP contribution in [0.4, 0.5) is 4.39 Å². The van der Waals surface area contributed by atoms with Crippen molar-refractivity contribution in [2.45, 2.75) is 38.6 Å². The molecule has 3 heterocycles. The van der Waals surface area contributed by atoms with Gasteiger partial charge in [0.1, 0.15) is 24.2 Å². The lowest BCUT2D eigenvalue weighted by Crippen LogP contribution is -2.52. The van der Waals surface area contributed by atoms with E-state index in [-0.39, 0.29) is 54.5 Å². The van der Waals surface area contributed by atoms with E-state index in [9.17, 15) is 18.8 Å². The van der Waals surface area contributed by atoms with Crippen molar-refractivity contribution >= 4 is 17.7 Å². The lowest BCUT2D eigenvalue weighted by molar-refractivity contribution is -0.136. The number of ether oxygens (including phenoxy) is 2. The molecule has 0 aliphatic carbocycles. The van der Waals surface area contributed by atoms with Gasteiger partial charge in [0.2, 0.25) is 11.8 Å². The third-order valence-electron chi connectivity index (χ3n) is 6.33. The molecule has 2 fully saturated rings. The van der Waals surface area contributed by atoms with Gasteiger partial charge in [0.05, 0.1) is 23.9 Å². The molecule has 1 N–H and O–H groups in total. The van der Waals surface area contributed by atoms with Crippen molar-refractivity contribution in [1.29, 1.82) is 0 Å². The van der Waals surface area contributed by atoms with Crippen LogP contribution in [0.3, 0.4) is 0 Å². The minimum atomic E-state index is -0.912. The fourth-order valence-electron chi connectivity index (χ4n) is 4.46. The van der Waals surface area contributed by atoms with Crippen LogP contribution >= 0.6 is 0 Å². The monoisotopic (exact) mass is 470 g/mol. The van der Waals surface area contributed by atoms with E-state index in [1.807, 2.05) is 0 Å². The van der Waals surface area contributed by atoms with E-state index in [0.717, 1.165) is 18.7 Å². The number of fused-ring (bicyclic) bond motifs is 1. The number of halogens is 1. The van der Waals surface area contributed by atoms with E-state index in [1.54, 1.807) is 12.1 Å². The minimum absolute atomic E-state index is 0.0713. The number of carbonyl (C=O) groups excluding carboxylic acids is 3. The van der Waals surface area contributed by atoms with Gasteiger partial charge in [-0.2, -0.15) is 0 Å². The molecule has 2 aromatic rings. The Hall–Kier alpha value is -3.30. The lowest BCUT2D eigenvalue weighted by Gasteiger charge is -2.29. The Bertz CT molecular complexity index is 1280. The first-order valence-electron chi connectivity index (χ1n) is 12.7. The summed E-state index contributed by atoms with van der Waals surface area (Å²) in [6.07, 6.45) is 0.208. The highest BCUT2D eigenvalue weighted by Gasteiger charge is 2.40. The summed E-state index contributed by atoms with van der Waals surface area (Å²) in [4.78, 5) is 40.5. The molecule has 3 aliphatic rings. The molecule has 0 unspecified atom stereocenters. The average molecular weight is 471 g/mol. The first-order valence-corrected chi connectivity index (χ1v) is 11.2. The van der Waals surface area contributed by atoms with Crippen molar-refractivity contribution in [1.82, 2.24) is 15.1 Å². The number of benzene rings is 2. The summed E-state index contributed by atoms with van der Waals surface area (Å²) in [7, 11) is 0. The largest absolute Gasteiger partial charge is 0.488 e. The Morgan fingerprint density at radius 1 is 1.21 bits per heavy atom. The van der Waals surface area contributed by atoms with Gasteiger partial charge in [0.15, 0.2) is 0 Å². The third-order valence-corrected chi connectivity index (χ3v) is 6.33. The van der Waals surface area contributed by atoms with Gasteiger partial charge in [-0.05, 0) is 30.1 Å². The number of hydrogen-bond donors (Lipinski definition) is 1. The zero-order valence-electron chi connectivity index (χ0n) is 21.5. The van der Waals surface area contributed by atoms with Crippen LogP contribution in [0.15, 0.2) is 36.3 Å². The van der Waals surface area contributed by atoms with Gasteiger partial charge in [-0.3, -0.25) is 24.6 Å². The van der Waals surface area contributed by atoms with Crippen LogP contribution in [0.5, 0.6) is 5.75 Å². The Morgan fingerprint density at radius 2 is 2.03 bits per heavy atom. The summed E-state index contributed by atoms with van der Waals surface area (Å²) in [5.74, 6) is -2.22. The molecular formula is C25H26FN3O5. The topological polar surface area (TPSA) is 88.2 Å². The van der Waals surface area contributed by atoms with Crippen LogP contribution in [0.1, 0.15) is 44.0 Å². The van der Waals surface area contributed by atoms with Gasteiger partial charge in [0.25, 0.3) is 5.91 Å². The van der Waals surface area contributed by atoms with Crippen LogP contribution in [-0.4, -0.2) is 59.9 Å². The highest BCUT2D eigenvalue weighted by Crippen LogP contribution is 2.34. The number of piperidine rings is 1. The van der Waals surface area contributed by atoms with Crippen molar-refractivity contribution in [2.75, 3.05) is 26.3 Å². The number of amides is 3. The van der Waals surface area contributed by atoms with Crippen molar-refractivity contribution in [3.05, 3.63) is 64.4 Å². The second kappa shape index (κ2) is 9.52. The van der Waals surface area contributed by atoms with E-state index in [1.165, 1.54) is 11.0 Å².